The molecule has 2 heterocycles. The molecular weight excluding hydrogens is 338 g/mol. The van der Waals surface area contributed by atoms with Gasteiger partial charge in [-0.3, -0.25) is 4.79 Å². The number of methoxy groups -OCH3 is 1. The fourth-order valence-corrected chi connectivity index (χ4v) is 2.65. The van der Waals surface area contributed by atoms with Gasteiger partial charge in [0.25, 0.3) is 5.91 Å². The maximum atomic E-state index is 12.3. The van der Waals surface area contributed by atoms with Crippen LogP contribution in [0.25, 0.3) is 0 Å². The highest BCUT2D eigenvalue weighted by molar-refractivity contribution is 5.92. The molecule has 1 aliphatic heterocycles. The molecule has 9 heteroatoms. The number of aromatic nitrogens is 2. The third-order valence-electron chi connectivity index (χ3n) is 4.07. The van der Waals surface area contributed by atoms with Crippen LogP contribution in [-0.2, 0) is 9.47 Å². The zero-order valence-corrected chi connectivity index (χ0v) is 15.4. The lowest BCUT2D eigenvalue weighted by atomic mass is 10.1. The lowest BCUT2D eigenvalue weighted by molar-refractivity contribution is 0.0856. The maximum absolute atomic E-state index is 12.3. The van der Waals surface area contributed by atoms with E-state index < -0.39 is 0 Å². The highest BCUT2D eigenvalue weighted by Crippen LogP contribution is 2.12. The lowest BCUT2D eigenvalue weighted by Gasteiger charge is -2.31. The third kappa shape index (κ3) is 6.14. The van der Waals surface area contributed by atoms with Crippen molar-refractivity contribution in [3.05, 3.63) is 18.1 Å². The van der Waals surface area contributed by atoms with Crippen molar-refractivity contribution in [3.8, 4) is 0 Å². The predicted molar refractivity (Wildman–Crippen MR) is 96.1 cm³/mol. The largest absolute Gasteiger partial charge is 0.450 e. The van der Waals surface area contributed by atoms with Gasteiger partial charge in [-0.1, -0.05) is 0 Å². The van der Waals surface area contributed by atoms with Gasteiger partial charge in [-0.05, 0) is 26.2 Å². The van der Waals surface area contributed by atoms with Gasteiger partial charge >= 0.3 is 6.09 Å². The summed E-state index contributed by atoms with van der Waals surface area (Å²) < 4.78 is 9.96. The molecule has 1 saturated heterocycles. The summed E-state index contributed by atoms with van der Waals surface area (Å²) in [7, 11) is 1.66. The van der Waals surface area contributed by atoms with E-state index in [0.29, 0.717) is 45.0 Å². The van der Waals surface area contributed by atoms with Crippen molar-refractivity contribution in [1.82, 2.24) is 20.2 Å². The first-order chi connectivity index (χ1) is 12.6. The van der Waals surface area contributed by atoms with Gasteiger partial charge in [-0.2, -0.15) is 0 Å². The summed E-state index contributed by atoms with van der Waals surface area (Å²) in [5.74, 6) is 0.374. The molecule has 0 spiro atoms. The van der Waals surface area contributed by atoms with Crippen LogP contribution in [0.4, 0.5) is 10.6 Å². The number of hydrogen-bond donors (Lipinski definition) is 2. The summed E-state index contributed by atoms with van der Waals surface area (Å²) in [4.78, 5) is 34.0. The van der Waals surface area contributed by atoms with Crippen LogP contribution in [0.15, 0.2) is 12.4 Å². The van der Waals surface area contributed by atoms with Crippen molar-refractivity contribution in [3.63, 3.8) is 0 Å². The Morgan fingerprint density at radius 2 is 2.04 bits per heavy atom. The van der Waals surface area contributed by atoms with Gasteiger partial charge in [0.15, 0.2) is 0 Å². The number of likely N-dealkylation sites (tertiary alicyclic amines) is 1. The Bertz CT molecular complexity index is 573. The number of carbonyl (C=O) groups excluding carboxylic acids is 2. The fraction of sp³-hybridized carbons (Fsp3) is 0.647. The highest BCUT2D eigenvalue weighted by Gasteiger charge is 2.25. The molecule has 1 fully saturated rings. The van der Waals surface area contributed by atoms with Gasteiger partial charge in [0.1, 0.15) is 11.5 Å². The number of nitrogens with zero attached hydrogens (tertiary/aromatic N) is 3. The Kier molecular flexibility index (Phi) is 8.07. The second-order valence-corrected chi connectivity index (χ2v) is 5.99. The van der Waals surface area contributed by atoms with Gasteiger partial charge in [0.2, 0.25) is 0 Å². The molecule has 9 nitrogen and oxygen atoms in total. The first-order valence-corrected chi connectivity index (χ1v) is 8.91. The molecule has 0 aromatic carbocycles. The van der Waals surface area contributed by atoms with Crippen LogP contribution in [0.2, 0.25) is 0 Å². The fourth-order valence-electron chi connectivity index (χ4n) is 2.65. The number of carbonyl (C=O) groups is 2. The van der Waals surface area contributed by atoms with Gasteiger partial charge in [0.05, 0.1) is 19.0 Å². The average Bonchev–Trinajstić information content (AvgIpc) is 2.66. The molecule has 2 amide bonds. The summed E-state index contributed by atoms with van der Waals surface area (Å²) >= 11 is 0. The minimum absolute atomic E-state index is 0.0156. The average molecular weight is 365 g/mol. The summed E-state index contributed by atoms with van der Waals surface area (Å²) in [6.45, 7) is 4.69. The number of ether oxygens (including phenoxy) is 2. The Labute approximate surface area is 153 Å². The molecule has 0 atom stereocenters. The molecule has 0 bridgehead atoms. The van der Waals surface area contributed by atoms with E-state index in [2.05, 4.69) is 20.6 Å². The molecular formula is C17H27N5O4. The summed E-state index contributed by atoms with van der Waals surface area (Å²) in [5, 5.41) is 6.07. The standard InChI is InChI=1S/C17H27N5O4/c1-3-26-17(24)22-8-5-13(6-9-22)21-16(23)14-11-20-15(12-19-14)18-7-4-10-25-2/h11-13H,3-10H2,1-2H3,(H,18,20)(H,21,23). The van der Waals surface area contributed by atoms with Crippen LogP contribution in [0.1, 0.15) is 36.7 Å². The van der Waals surface area contributed by atoms with Crippen LogP contribution < -0.4 is 10.6 Å². The highest BCUT2D eigenvalue weighted by atomic mass is 16.6. The number of amides is 2. The predicted octanol–water partition coefficient (Wildman–Crippen LogP) is 1.28. The van der Waals surface area contributed by atoms with Crippen LogP contribution in [0.3, 0.4) is 0 Å². The smallest absolute Gasteiger partial charge is 0.409 e. The molecule has 144 valence electrons. The molecule has 26 heavy (non-hydrogen) atoms. The summed E-state index contributed by atoms with van der Waals surface area (Å²) in [6.07, 6.45) is 4.96. The van der Waals surface area contributed by atoms with Gasteiger partial charge in [-0.15, -0.1) is 0 Å². The maximum Gasteiger partial charge on any atom is 0.409 e. The SMILES string of the molecule is CCOC(=O)N1CCC(NC(=O)c2cnc(NCCCOC)cn2)CC1. The Morgan fingerprint density at radius 3 is 2.65 bits per heavy atom. The van der Waals surface area contributed by atoms with Crippen molar-refractivity contribution in [2.75, 3.05) is 45.3 Å². The van der Waals surface area contributed by atoms with E-state index in [1.807, 2.05) is 0 Å². The molecule has 0 unspecified atom stereocenters. The molecule has 1 aromatic rings. The molecule has 0 aliphatic carbocycles. The Balaban J connectivity index is 1.75. The first-order valence-electron chi connectivity index (χ1n) is 8.91. The zero-order chi connectivity index (χ0) is 18.8. The van der Waals surface area contributed by atoms with E-state index in [1.165, 1.54) is 6.20 Å². The molecule has 2 N–H and O–H groups in total. The van der Waals surface area contributed by atoms with Gasteiger partial charge < -0.3 is 25.0 Å². The number of hydrogen-bond acceptors (Lipinski definition) is 7. The second kappa shape index (κ2) is 10.5. The van der Waals surface area contributed by atoms with E-state index in [9.17, 15) is 9.59 Å². The quantitative estimate of drug-likeness (QED) is 0.668. The van der Waals surface area contributed by atoms with Crippen LogP contribution in [0.5, 0.6) is 0 Å². The Morgan fingerprint density at radius 1 is 1.27 bits per heavy atom. The first kappa shape index (κ1) is 19.9. The van der Waals surface area contributed by atoms with E-state index in [0.717, 1.165) is 13.0 Å². The summed E-state index contributed by atoms with van der Waals surface area (Å²) in [5.41, 5.74) is 0.278. The minimum atomic E-state index is -0.295. The zero-order valence-electron chi connectivity index (χ0n) is 15.4. The Hall–Kier alpha value is -2.42. The molecule has 0 saturated carbocycles. The molecule has 0 radical (unpaired) electrons. The topological polar surface area (TPSA) is 106 Å². The van der Waals surface area contributed by atoms with Crippen LogP contribution in [-0.4, -0.2) is 72.9 Å². The van der Waals surface area contributed by atoms with Crippen molar-refractivity contribution >= 4 is 17.8 Å². The van der Waals surface area contributed by atoms with E-state index in [-0.39, 0.29) is 23.7 Å². The van der Waals surface area contributed by atoms with Crippen molar-refractivity contribution in [1.29, 1.82) is 0 Å². The lowest BCUT2D eigenvalue weighted by Crippen LogP contribution is -2.46. The monoisotopic (exact) mass is 365 g/mol. The van der Waals surface area contributed by atoms with Gasteiger partial charge in [0, 0.05) is 39.4 Å². The van der Waals surface area contributed by atoms with E-state index in [1.54, 1.807) is 25.1 Å². The minimum Gasteiger partial charge on any atom is -0.450 e. The van der Waals surface area contributed by atoms with Crippen LogP contribution >= 0.6 is 0 Å². The van der Waals surface area contributed by atoms with Crippen molar-refractivity contribution < 1.29 is 19.1 Å². The van der Waals surface area contributed by atoms with Crippen molar-refractivity contribution in [2.45, 2.75) is 32.2 Å². The molecule has 1 aromatic heterocycles. The van der Waals surface area contributed by atoms with Crippen LogP contribution in [0, 0.1) is 0 Å². The third-order valence-corrected chi connectivity index (χ3v) is 4.07. The summed E-state index contributed by atoms with van der Waals surface area (Å²) in [6, 6.07) is 0.0156. The second-order valence-electron chi connectivity index (χ2n) is 5.99. The van der Waals surface area contributed by atoms with Crippen molar-refractivity contribution in [2.24, 2.45) is 0 Å². The number of rotatable bonds is 8. The van der Waals surface area contributed by atoms with Gasteiger partial charge in [-0.25, -0.2) is 14.8 Å². The number of piperidine rings is 1. The van der Waals surface area contributed by atoms with E-state index >= 15 is 0 Å². The normalized spacial score (nSPS) is 14.8. The number of anilines is 1. The van der Waals surface area contributed by atoms with E-state index in [4.69, 9.17) is 9.47 Å². The number of nitrogens with one attached hydrogen (secondary N) is 2. The molecule has 2 rings (SSSR count). The molecule has 1 aliphatic rings.